The molecule has 0 bridgehead atoms. The van der Waals surface area contributed by atoms with E-state index in [0.29, 0.717) is 51.4 Å². The van der Waals surface area contributed by atoms with Crippen molar-refractivity contribution >= 4 is 28.6 Å². The molecule has 2 aromatic rings. The first-order valence-corrected chi connectivity index (χ1v) is 36.2. The Morgan fingerprint density at radius 1 is 0.485 bits per heavy atom. The average Bonchev–Trinajstić information content (AvgIpc) is 0.692. The summed E-state index contributed by atoms with van der Waals surface area (Å²) in [6, 6.07) is 2.80. The maximum absolute atomic E-state index is 14.7. The van der Waals surface area contributed by atoms with E-state index in [1.807, 2.05) is 20.8 Å². The van der Waals surface area contributed by atoms with Crippen molar-refractivity contribution in [2.75, 3.05) is 0 Å². The molecule has 29 nitrogen and oxygen atoms in total. The number of aromatic hydroxyl groups is 1. The lowest BCUT2D eigenvalue weighted by Crippen LogP contribution is -2.67. The van der Waals surface area contributed by atoms with Gasteiger partial charge in [-0.05, 0) is 125 Å². The summed E-state index contributed by atoms with van der Waals surface area (Å²) in [6.07, 6.45) is -11.8. The third-order valence-electron chi connectivity index (χ3n) is 22.3. The summed E-state index contributed by atoms with van der Waals surface area (Å²) in [7, 11) is 0. The second-order valence-corrected chi connectivity index (χ2v) is 30.0. The van der Waals surface area contributed by atoms with Gasteiger partial charge in [0.05, 0.1) is 120 Å². The van der Waals surface area contributed by atoms with Gasteiger partial charge in [-0.1, -0.05) is 6.07 Å². The molecule has 10 heterocycles. The van der Waals surface area contributed by atoms with Crippen LogP contribution in [-0.2, 0) is 95.7 Å². The second kappa shape index (κ2) is 30.4. The van der Waals surface area contributed by atoms with Crippen molar-refractivity contribution in [1.82, 2.24) is 0 Å². The van der Waals surface area contributed by atoms with Gasteiger partial charge < -0.3 is 126 Å². The Kier molecular flexibility index (Phi) is 22.7. The summed E-state index contributed by atoms with van der Waals surface area (Å²) in [5, 5.41) is 92.0. The number of ether oxygens (including phenoxy) is 17. The SMILES string of the molecule is C[C@@H]1O[C@@H](O[C@H]2CC[C@H](OC3[C@H](C)O[C@@H](O[C@H]4[C@H](O)C[C@H](c5ccc6c(=O)c7c(oc6c5O)C=C[C@]5(O)C[C@@](C)(O[C@H]6CC[C@H](O[C@H]8C[C@@H](O[C@H]9CC[C@H](O[C@H]%10C[C@@H](O[C@H]%11CC[C@H](O)[C@H](C)O%11)[C@H](O)[C@@H](C)O%10)[C@H](C)O9)[C@H](O)[C@@H](C)O8)[C@H](C)O6)CC(=O)[C@]75O)O[C@@H]4C)C[C@@H]3O)O[C@H]2C)C=CC1=O. The number of ketones is 2. The molecule has 9 aliphatic heterocycles. The second-order valence-electron chi connectivity index (χ2n) is 30.0. The third-order valence-corrected chi connectivity index (χ3v) is 22.3. The first-order chi connectivity index (χ1) is 47.9. The van der Waals surface area contributed by atoms with Gasteiger partial charge in [0.1, 0.15) is 41.9 Å². The van der Waals surface area contributed by atoms with Gasteiger partial charge in [0.25, 0.3) is 0 Å². The van der Waals surface area contributed by atoms with Crippen molar-refractivity contribution in [2.45, 2.75) is 361 Å². The summed E-state index contributed by atoms with van der Waals surface area (Å²) in [4.78, 5) is 41.1. The predicted molar refractivity (Wildman–Crippen MR) is 347 cm³/mol. The molecule has 29 heteroatoms. The molecule has 1 unspecified atom stereocenters. The van der Waals surface area contributed by atoms with Crippen LogP contribution in [0.15, 0.2) is 39.6 Å². The molecule has 101 heavy (non-hydrogen) atoms. The standard InChI is InChI=1S/C72H102O29/c1-31-42(73)13-18-54(85-31)93-46-16-21-57(88-33(46)3)99-68-39(9)92-59(26-45(68)76)100-67-38(8)84-50(25-44(67)75)40-11-12-41-65(80)62-49(98-69(41)66(40)81)23-24-71(82)30-70(10,29-53(77)72(62,71)83)101-58-22-17-48(35(5)89-58)95-61-28-52(64(79)37(7)91-61)97-56-20-15-47(34(4)87-56)94-60-27-51(63(78)36(6)90-60)96-55-19-14-43(74)32(2)86-55/h11-13,18,23-24,31-39,43-48,50-52,54-61,63-64,67-68,74-76,78-79,81-83H,14-17,19-22,25-30H2,1-10H3/t31-,32-,33-,34-,35-,36+,37+,38+,39-,43-,44+,45-,46-,47-,48-,50+,51+,52+,54-,55-,56-,57-,58-,59-,60-,61-,63+,64+,67+,68?,70-,71-,72-/m0/s1. The Labute approximate surface area is 585 Å². The van der Waals surface area contributed by atoms with Gasteiger partial charge in [-0.15, -0.1) is 0 Å². The van der Waals surface area contributed by atoms with E-state index in [-0.39, 0.29) is 84.6 Å². The van der Waals surface area contributed by atoms with Crippen molar-refractivity contribution in [1.29, 1.82) is 0 Å². The Morgan fingerprint density at radius 3 is 1.55 bits per heavy atom. The monoisotopic (exact) mass is 1430 g/mol. The van der Waals surface area contributed by atoms with Gasteiger partial charge in [-0.3, -0.25) is 14.4 Å². The number of rotatable bonds is 17. The van der Waals surface area contributed by atoms with Crippen LogP contribution in [0.5, 0.6) is 5.75 Å². The van der Waals surface area contributed by atoms with Gasteiger partial charge in [-0.2, -0.15) is 0 Å². The quantitative estimate of drug-likeness (QED) is 0.109. The van der Waals surface area contributed by atoms with Crippen LogP contribution in [-0.4, -0.2) is 242 Å². The van der Waals surface area contributed by atoms with E-state index in [2.05, 4.69) is 0 Å². The lowest BCUT2D eigenvalue weighted by molar-refractivity contribution is -0.333. The number of phenolic OH excluding ortho intramolecular Hbond substituents is 1. The maximum Gasteiger partial charge on any atom is 0.200 e. The fraction of sp³-hybridized carbons (Fsp3) is 0.792. The fourth-order valence-corrected chi connectivity index (χ4v) is 16.5. The van der Waals surface area contributed by atoms with Crippen molar-refractivity contribution < 1.29 is 135 Å². The zero-order valence-electron chi connectivity index (χ0n) is 58.8. The number of hydrogen-bond donors (Lipinski definition) is 8. The summed E-state index contributed by atoms with van der Waals surface area (Å²) in [5.41, 5.74) is -8.04. The molecule has 11 aliphatic rings. The van der Waals surface area contributed by atoms with E-state index >= 15 is 0 Å². The highest BCUT2D eigenvalue weighted by Crippen LogP contribution is 2.53. The van der Waals surface area contributed by atoms with Crippen molar-refractivity contribution in [3.8, 4) is 5.75 Å². The molecule has 8 saturated heterocycles. The summed E-state index contributed by atoms with van der Waals surface area (Å²) in [6.45, 7) is 17.6. The van der Waals surface area contributed by atoms with Crippen molar-refractivity contribution in [2.24, 2.45) is 0 Å². The number of hydrogen-bond acceptors (Lipinski definition) is 29. The van der Waals surface area contributed by atoms with E-state index in [9.17, 15) is 55.2 Å². The fourth-order valence-electron chi connectivity index (χ4n) is 16.5. The van der Waals surface area contributed by atoms with Gasteiger partial charge in [-0.25, -0.2) is 0 Å². The Morgan fingerprint density at radius 2 is 0.980 bits per heavy atom. The largest absolute Gasteiger partial charge is 0.504 e. The predicted octanol–water partition coefficient (Wildman–Crippen LogP) is 4.31. The Balaban J connectivity index is 0.575. The van der Waals surface area contributed by atoms with Crippen molar-refractivity contribution in [3.63, 3.8) is 0 Å². The lowest BCUT2D eigenvalue weighted by Gasteiger charge is -2.52. The Bertz CT molecular complexity index is 3340. The first-order valence-electron chi connectivity index (χ1n) is 36.2. The summed E-state index contributed by atoms with van der Waals surface area (Å²) >= 11 is 0. The topological polar surface area (TPSA) is 383 Å². The van der Waals surface area contributed by atoms with E-state index in [0.717, 1.165) is 0 Å². The van der Waals surface area contributed by atoms with Crippen LogP contribution in [0.2, 0.25) is 0 Å². The minimum atomic E-state index is -2.79. The molecule has 1 aromatic carbocycles. The zero-order chi connectivity index (χ0) is 71.9. The number of aliphatic hydroxyl groups is 7. The summed E-state index contributed by atoms with van der Waals surface area (Å²) < 4.78 is 112. The van der Waals surface area contributed by atoms with E-state index in [1.54, 1.807) is 54.5 Å². The van der Waals surface area contributed by atoms with Crippen LogP contribution < -0.4 is 5.43 Å². The van der Waals surface area contributed by atoms with E-state index in [4.69, 9.17) is 84.9 Å². The van der Waals surface area contributed by atoms with Crippen LogP contribution in [0, 0.1) is 0 Å². The number of carbonyl (C=O) groups excluding carboxylic acids is 2. The zero-order valence-corrected chi connectivity index (χ0v) is 58.8. The molecule has 0 spiro atoms. The van der Waals surface area contributed by atoms with Gasteiger partial charge in [0.2, 0.25) is 0 Å². The van der Waals surface area contributed by atoms with Gasteiger partial charge in [0, 0.05) is 69.8 Å². The van der Waals surface area contributed by atoms with E-state index in [1.165, 1.54) is 30.4 Å². The number of aliphatic hydroxyl groups excluding tert-OH is 5. The lowest BCUT2D eigenvalue weighted by atomic mass is 9.60. The van der Waals surface area contributed by atoms with Crippen LogP contribution in [0.1, 0.15) is 182 Å². The average molecular weight is 1430 g/mol. The molecule has 2 aliphatic carbocycles. The highest BCUT2D eigenvalue weighted by Gasteiger charge is 2.66. The van der Waals surface area contributed by atoms with Gasteiger partial charge >= 0.3 is 0 Å². The molecular formula is C72H102O29. The van der Waals surface area contributed by atoms with Crippen LogP contribution in [0.25, 0.3) is 17.0 Å². The number of fused-ring (bicyclic) bond motifs is 4. The molecule has 1 saturated carbocycles. The van der Waals surface area contributed by atoms with Gasteiger partial charge in [0.15, 0.2) is 84.2 Å². The minimum Gasteiger partial charge on any atom is -0.504 e. The number of benzene rings is 1. The molecular weight excluding hydrogens is 1330 g/mol. The molecule has 8 N–H and O–H groups in total. The highest BCUT2D eigenvalue weighted by atomic mass is 16.8. The molecule has 13 rings (SSSR count). The first kappa shape index (κ1) is 75.3. The molecule has 9 fully saturated rings. The van der Waals surface area contributed by atoms with Crippen LogP contribution in [0.4, 0.5) is 0 Å². The van der Waals surface area contributed by atoms with Crippen molar-refractivity contribution in [3.05, 3.63) is 57.5 Å². The Hall–Kier alpha value is -3.91. The number of Topliss-reactive ketones (excluding diaryl/α,β-unsaturated/α-hetero) is 1. The third kappa shape index (κ3) is 15.7. The molecule has 0 radical (unpaired) electrons. The molecule has 564 valence electrons. The highest BCUT2D eigenvalue weighted by molar-refractivity contribution is 5.96. The smallest absolute Gasteiger partial charge is 0.200 e. The molecule has 33 atom stereocenters. The minimum absolute atomic E-state index is 0.00610. The van der Waals surface area contributed by atoms with Crippen LogP contribution >= 0.6 is 0 Å². The summed E-state index contributed by atoms with van der Waals surface area (Å²) in [5.74, 6) is -1.78. The molecule has 1 aromatic heterocycles. The normalized spacial score (nSPS) is 47.6. The number of phenols is 1. The molecule has 0 amide bonds. The van der Waals surface area contributed by atoms with E-state index < -0.39 is 206 Å². The maximum atomic E-state index is 14.7. The number of carbonyl (C=O) groups is 2. The van der Waals surface area contributed by atoms with Crippen LogP contribution in [0.3, 0.4) is 0 Å².